The molecule has 0 aliphatic rings. The van der Waals surface area contributed by atoms with Crippen LogP contribution in [-0.4, -0.2) is 25.6 Å². The second-order valence-electron chi connectivity index (χ2n) is 4.89. The van der Waals surface area contributed by atoms with Crippen LogP contribution in [0.5, 0.6) is 0 Å². The third-order valence-electron chi connectivity index (χ3n) is 3.41. The Morgan fingerprint density at radius 2 is 2.17 bits per heavy atom. The van der Waals surface area contributed by atoms with Crippen molar-refractivity contribution in [3.05, 3.63) is 70.7 Å². The Kier molecular flexibility index (Phi) is 4.80. The zero-order chi connectivity index (χ0) is 16.1. The summed E-state index contributed by atoms with van der Waals surface area (Å²) in [6.07, 6.45) is 5.61. The van der Waals surface area contributed by atoms with Crippen molar-refractivity contribution in [1.29, 1.82) is 0 Å². The van der Waals surface area contributed by atoms with Gasteiger partial charge in [0.05, 0.1) is 18.7 Å². The van der Waals surface area contributed by atoms with Gasteiger partial charge in [-0.15, -0.1) is 0 Å². The predicted molar refractivity (Wildman–Crippen MR) is 84.9 cm³/mol. The van der Waals surface area contributed by atoms with Gasteiger partial charge in [0.2, 0.25) is 0 Å². The first-order valence-electron chi connectivity index (χ1n) is 7.01. The van der Waals surface area contributed by atoms with Crippen molar-refractivity contribution in [2.24, 2.45) is 0 Å². The van der Waals surface area contributed by atoms with Crippen LogP contribution >= 0.6 is 11.3 Å². The highest BCUT2D eigenvalue weighted by Gasteiger charge is 2.20. The average molecular weight is 329 g/mol. The summed E-state index contributed by atoms with van der Waals surface area (Å²) < 4.78 is 7.51. The minimum Gasteiger partial charge on any atom is -0.452 e. The number of aliphatic hydroxyl groups excluding tert-OH is 1. The fourth-order valence-corrected chi connectivity index (χ4v) is 2.92. The van der Waals surface area contributed by atoms with Gasteiger partial charge in [-0.25, -0.2) is 14.8 Å². The first kappa shape index (κ1) is 15.4. The van der Waals surface area contributed by atoms with Crippen LogP contribution < -0.4 is 0 Å². The van der Waals surface area contributed by atoms with Crippen LogP contribution in [-0.2, 0) is 17.9 Å². The van der Waals surface area contributed by atoms with Crippen molar-refractivity contribution in [3.8, 4) is 0 Å². The summed E-state index contributed by atoms with van der Waals surface area (Å²) in [6, 6.07) is 5.60. The number of ether oxygens (including phenoxy) is 1. The van der Waals surface area contributed by atoms with Gasteiger partial charge in [0, 0.05) is 29.8 Å². The molecule has 0 aliphatic heterocycles. The molecule has 1 atom stereocenters. The van der Waals surface area contributed by atoms with E-state index < -0.39 is 12.1 Å². The van der Waals surface area contributed by atoms with Crippen molar-refractivity contribution in [3.63, 3.8) is 0 Å². The zero-order valence-corrected chi connectivity index (χ0v) is 13.0. The number of rotatable bonds is 6. The summed E-state index contributed by atoms with van der Waals surface area (Å²) in [5.41, 5.74) is 1.99. The van der Waals surface area contributed by atoms with Crippen LogP contribution in [0.2, 0.25) is 0 Å². The smallest absolute Gasteiger partial charge is 0.341 e. The minimum atomic E-state index is -0.473. The number of hydrogen-bond donors (Lipinski definition) is 1. The molecule has 0 bridgehead atoms. The number of nitrogens with zero attached hydrogens (tertiary/aromatic N) is 3. The lowest BCUT2D eigenvalue weighted by molar-refractivity contribution is 0.0252. The molecule has 6 nitrogen and oxygen atoms in total. The highest BCUT2D eigenvalue weighted by Crippen LogP contribution is 2.24. The molecule has 3 aromatic rings. The molecule has 0 aliphatic carbocycles. The van der Waals surface area contributed by atoms with E-state index in [-0.39, 0.29) is 6.61 Å². The number of carbonyl (C=O) groups excluding carboxylic acids is 1. The average Bonchev–Trinajstić information content (AvgIpc) is 3.26. The van der Waals surface area contributed by atoms with Gasteiger partial charge in [-0.3, -0.25) is 0 Å². The van der Waals surface area contributed by atoms with E-state index in [0.29, 0.717) is 12.1 Å². The lowest BCUT2D eigenvalue weighted by Gasteiger charge is -2.19. The molecule has 7 heteroatoms. The molecule has 0 fully saturated rings. The van der Waals surface area contributed by atoms with E-state index in [2.05, 4.69) is 9.97 Å². The van der Waals surface area contributed by atoms with E-state index >= 15 is 0 Å². The minimum absolute atomic E-state index is 0.0656. The molecular weight excluding hydrogens is 314 g/mol. The molecule has 3 aromatic heterocycles. The maximum atomic E-state index is 12.3. The summed E-state index contributed by atoms with van der Waals surface area (Å²) in [5, 5.41) is 13.2. The lowest BCUT2D eigenvalue weighted by Crippen LogP contribution is -2.17. The molecule has 23 heavy (non-hydrogen) atoms. The zero-order valence-electron chi connectivity index (χ0n) is 12.2. The molecule has 0 aromatic carbocycles. The van der Waals surface area contributed by atoms with Gasteiger partial charge in [-0.1, -0.05) is 0 Å². The van der Waals surface area contributed by atoms with Crippen LogP contribution in [0, 0.1) is 0 Å². The third kappa shape index (κ3) is 3.64. The molecule has 3 heterocycles. The molecule has 1 unspecified atom stereocenters. The normalized spacial score (nSPS) is 12.0. The predicted octanol–water partition coefficient (Wildman–Crippen LogP) is 2.43. The third-order valence-corrected chi connectivity index (χ3v) is 4.11. The van der Waals surface area contributed by atoms with E-state index in [1.807, 2.05) is 39.7 Å². The van der Waals surface area contributed by atoms with Gasteiger partial charge < -0.3 is 14.4 Å². The molecule has 0 saturated heterocycles. The molecule has 3 rings (SSSR count). The van der Waals surface area contributed by atoms with Crippen LogP contribution in [0.3, 0.4) is 0 Å². The summed E-state index contributed by atoms with van der Waals surface area (Å²) in [7, 11) is 0. The van der Waals surface area contributed by atoms with E-state index in [4.69, 9.17) is 4.74 Å². The second-order valence-corrected chi connectivity index (χ2v) is 5.67. The van der Waals surface area contributed by atoms with Gasteiger partial charge in [0.15, 0.2) is 0 Å². The maximum absolute atomic E-state index is 12.3. The van der Waals surface area contributed by atoms with Crippen LogP contribution in [0.4, 0.5) is 0 Å². The number of carbonyl (C=O) groups is 1. The summed E-state index contributed by atoms with van der Waals surface area (Å²) in [5.74, 6) is -0.473. The van der Waals surface area contributed by atoms with Crippen LogP contribution in [0.25, 0.3) is 0 Å². The van der Waals surface area contributed by atoms with Crippen molar-refractivity contribution in [1.82, 2.24) is 14.5 Å². The van der Waals surface area contributed by atoms with Gasteiger partial charge >= 0.3 is 5.97 Å². The fourth-order valence-electron chi connectivity index (χ4n) is 2.22. The van der Waals surface area contributed by atoms with E-state index in [9.17, 15) is 9.90 Å². The number of hydrogen-bond acceptors (Lipinski definition) is 6. The Bertz CT molecular complexity index is 756. The Hall–Kier alpha value is -2.51. The Balaban J connectivity index is 1.81. The van der Waals surface area contributed by atoms with Gasteiger partial charge in [-0.05, 0) is 29.0 Å². The van der Waals surface area contributed by atoms with Gasteiger partial charge in [0.1, 0.15) is 12.4 Å². The number of aromatic nitrogens is 3. The molecule has 0 amide bonds. The summed E-state index contributed by atoms with van der Waals surface area (Å²) in [6.45, 7) is 0.364. The van der Waals surface area contributed by atoms with Crippen LogP contribution in [0.1, 0.15) is 27.7 Å². The molecule has 118 valence electrons. The van der Waals surface area contributed by atoms with E-state index in [0.717, 1.165) is 11.3 Å². The van der Waals surface area contributed by atoms with Crippen molar-refractivity contribution in [2.45, 2.75) is 19.3 Å². The molecule has 0 saturated carbocycles. The maximum Gasteiger partial charge on any atom is 0.341 e. The van der Waals surface area contributed by atoms with Crippen molar-refractivity contribution in [2.75, 3.05) is 0 Å². The van der Waals surface area contributed by atoms with Crippen LogP contribution in [0.15, 0.2) is 53.9 Å². The number of esters is 1. The standard InChI is InChI=1S/C16H15N3O3S/c20-9-14-2-1-4-19(14)8-15(12-3-5-23-10-12)22-16(21)13-6-17-11-18-7-13/h1-7,10-11,15,20H,8-9H2. The second kappa shape index (κ2) is 7.17. The highest BCUT2D eigenvalue weighted by molar-refractivity contribution is 7.07. The first-order chi connectivity index (χ1) is 11.3. The SMILES string of the molecule is O=C(OC(Cn1cccc1CO)c1ccsc1)c1cncnc1. The summed E-state index contributed by atoms with van der Waals surface area (Å²) >= 11 is 1.54. The number of thiophene rings is 1. The quantitative estimate of drug-likeness (QED) is 0.703. The lowest BCUT2D eigenvalue weighted by atomic mass is 10.2. The van der Waals surface area contributed by atoms with E-state index in [1.54, 1.807) is 0 Å². The largest absolute Gasteiger partial charge is 0.452 e. The highest BCUT2D eigenvalue weighted by atomic mass is 32.1. The Morgan fingerprint density at radius 3 is 2.87 bits per heavy atom. The van der Waals surface area contributed by atoms with E-state index in [1.165, 1.54) is 30.1 Å². The van der Waals surface area contributed by atoms with Crippen molar-refractivity contribution < 1.29 is 14.6 Å². The molecule has 1 N–H and O–H groups in total. The Morgan fingerprint density at radius 1 is 1.35 bits per heavy atom. The first-order valence-corrected chi connectivity index (χ1v) is 7.95. The molecule has 0 spiro atoms. The molecule has 0 radical (unpaired) electrons. The monoisotopic (exact) mass is 329 g/mol. The van der Waals surface area contributed by atoms with Crippen molar-refractivity contribution >= 4 is 17.3 Å². The van der Waals surface area contributed by atoms with Gasteiger partial charge in [0.25, 0.3) is 0 Å². The topological polar surface area (TPSA) is 77.2 Å². The summed E-state index contributed by atoms with van der Waals surface area (Å²) in [4.78, 5) is 19.9. The number of aliphatic hydroxyl groups is 1. The van der Waals surface area contributed by atoms with Gasteiger partial charge in [-0.2, -0.15) is 11.3 Å². The Labute approximate surface area is 137 Å². The molecular formula is C16H15N3O3S. The fraction of sp³-hybridized carbons (Fsp3) is 0.188.